The van der Waals surface area contributed by atoms with Gasteiger partial charge in [-0.15, -0.1) is 5.10 Å². The summed E-state index contributed by atoms with van der Waals surface area (Å²) in [5.74, 6) is 0.219. The summed E-state index contributed by atoms with van der Waals surface area (Å²) in [6, 6.07) is 15.4. The molecule has 3 amide bonds. The second-order valence-corrected chi connectivity index (χ2v) is 11.8. The number of benzene rings is 2. The lowest BCUT2D eigenvalue weighted by Crippen LogP contribution is -2.48. The van der Waals surface area contributed by atoms with Gasteiger partial charge in [0.1, 0.15) is 16.9 Å². The zero-order chi connectivity index (χ0) is 28.8. The lowest BCUT2D eigenvalue weighted by atomic mass is 9.72. The first-order chi connectivity index (χ1) is 20.4. The Morgan fingerprint density at radius 1 is 1.05 bits per heavy atom. The van der Waals surface area contributed by atoms with Crippen molar-refractivity contribution in [1.29, 1.82) is 0 Å². The van der Waals surface area contributed by atoms with Gasteiger partial charge in [-0.1, -0.05) is 35.5 Å². The molecule has 0 aliphatic carbocycles. The van der Waals surface area contributed by atoms with E-state index in [-0.39, 0.29) is 30.2 Å². The molecule has 218 valence electrons. The summed E-state index contributed by atoms with van der Waals surface area (Å²) in [6.45, 7) is 3.44. The average Bonchev–Trinajstić information content (AvgIpc) is 3.68. The van der Waals surface area contributed by atoms with Crippen LogP contribution >= 0.6 is 0 Å². The van der Waals surface area contributed by atoms with Gasteiger partial charge in [0.2, 0.25) is 17.7 Å². The summed E-state index contributed by atoms with van der Waals surface area (Å²) in [5, 5.41) is 8.65. The van der Waals surface area contributed by atoms with E-state index in [1.165, 1.54) is 0 Å². The van der Waals surface area contributed by atoms with Gasteiger partial charge in [0.15, 0.2) is 0 Å². The van der Waals surface area contributed by atoms with Crippen molar-refractivity contribution in [2.45, 2.75) is 50.2 Å². The summed E-state index contributed by atoms with van der Waals surface area (Å²) in [6.07, 6.45) is 4.47. The van der Waals surface area contributed by atoms with Gasteiger partial charge in [-0.25, -0.2) is 0 Å². The van der Waals surface area contributed by atoms with Crippen LogP contribution in [0.1, 0.15) is 48.5 Å². The molecule has 6 bridgehead atoms. The molecule has 1 aromatic heterocycles. The Balaban J connectivity index is 1.30. The molecule has 1 spiro atoms. The summed E-state index contributed by atoms with van der Waals surface area (Å²) >= 11 is 0. The minimum atomic E-state index is -0.937. The number of anilines is 1. The highest BCUT2D eigenvalue weighted by atomic mass is 16.5. The maximum Gasteiger partial charge on any atom is 0.240 e. The van der Waals surface area contributed by atoms with E-state index in [9.17, 15) is 14.4 Å². The van der Waals surface area contributed by atoms with Crippen molar-refractivity contribution in [3.63, 3.8) is 0 Å². The van der Waals surface area contributed by atoms with Gasteiger partial charge < -0.3 is 20.3 Å². The number of primary amides is 1. The minimum absolute atomic E-state index is 0.0176. The van der Waals surface area contributed by atoms with Crippen molar-refractivity contribution >= 4 is 23.4 Å². The van der Waals surface area contributed by atoms with Crippen molar-refractivity contribution < 1.29 is 19.1 Å². The topological polar surface area (TPSA) is 127 Å². The quantitative estimate of drug-likeness (QED) is 0.511. The maximum atomic E-state index is 14.8. The van der Waals surface area contributed by atoms with E-state index in [0.717, 1.165) is 28.9 Å². The molecule has 11 nitrogen and oxygen atoms in total. The fourth-order valence-corrected chi connectivity index (χ4v) is 7.41. The molecule has 3 aromatic rings. The Kier molecular flexibility index (Phi) is 6.69. The molecule has 4 aliphatic rings. The molecule has 11 heteroatoms. The lowest BCUT2D eigenvalue weighted by Gasteiger charge is -2.38. The summed E-state index contributed by atoms with van der Waals surface area (Å²) in [7, 11) is 0. The van der Waals surface area contributed by atoms with Gasteiger partial charge in [0.05, 0.1) is 31.9 Å². The molecule has 0 radical (unpaired) electrons. The van der Waals surface area contributed by atoms with Crippen LogP contribution in [-0.4, -0.2) is 75.3 Å². The number of hydrogen-bond acceptors (Lipinski definition) is 7. The van der Waals surface area contributed by atoms with Gasteiger partial charge in [-0.3, -0.25) is 24.0 Å². The Morgan fingerprint density at radius 2 is 1.88 bits per heavy atom. The van der Waals surface area contributed by atoms with E-state index in [4.69, 9.17) is 10.5 Å². The highest BCUT2D eigenvalue weighted by Gasteiger charge is 2.62. The Morgan fingerprint density at radius 3 is 2.71 bits per heavy atom. The molecular formula is C31H35N7O4. The van der Waals surface area contributed by atoms with Gasteiger partial charge >= 0.3 is 0 Å². The smallest absolute Gasteiger partial charge is 0.240 e. The number of nitrogens with two attached hydrogens (primary N) is 1. The number of aromatic nitrogens is 3. The molecule has 7 rings (SSSR count). The number of fused-ring (bicyclic) bond motifs is 8. The number of nitrogens with zero attached hydrogens (tertiary/aromatic N) is 6. The number of carbonyl (C=O) groups excluding carboxylic acids is 3. The maximum absolute atomic E-state index is 14.8. The molecule has 4 aliphatic heterocycles. The van der Waals surface area contributed by atoms with Crippen LogP contribution in [0.3, 0.4) is 0 Å². The van der Waals surface area contributed by atoms with Crippen LogP contribution in [0, 0.1) is 5.92 Å². The minimum Gasteiger partial charge on any atom is -0.494 e. The predicted molar refractivity (Wildman–Crippen MR) is 153 cm³/mol. The van der Waals surface area contributed by atoms with E-state index in [0.29, 0.717) is 64.3 Å². The lowest BCUT2D eigenvalue weighted by molar-refractivity contribution is -0.139. The standard InChI is InChI=1S/C31H35N7O4/c32-27(39)20-35-13-9-21(10-14-35)29(40)37-15-11-31-25-7-1-2-8-26(25)38(30(31)41)19-23-18-36(34-33-23)12-4-16-42-24-6-3-5-22(17-24)28(31)37/h1-3,5-8,17-18,21,28H,4,9-16,19-20H2,(H2,32,39)/t28-,31-/m0/s1. The first-order valence-corrected chi connectivity index (χ1v) is 14.8. The fourth-order valence-electron chi connectivity index (χ4n) is 7.41. The van der Waals surface area contributed by atoms with E-state index < -0.39 is 11.5 Å². The molecule has 2 aromatic carbocycles. The van der Waals surface area contributed by atoms with Crippen LogP contribution in [0.5, 0.6) is 5.75 Å². The summed E-state index contributed by atoms with van der Waals surface area (Å²) < 4.78 is 7.94. The van der Waals surface area contributed by atoms with Gasteiger partial charge in [-0.05, 0) is 61.7 Å². The van der Waals surface area contributed by atoms with Crippen molar-refractivity contribution in [2.75, 3.05) is 37.7 Å². The van der Waals surface area contributed by atoms with Crippen molar-refractivity contribution in [2.24, 2.45) is 11.7 Å². The number of likely N-dealkylation sites (tertiary alicyclic amines) is 2. The number of aryl methyl sites for hydroxylation is 1. The summed E-state index contributed by atoms with van der Waals surface area (Å²) in [5.41, 5.74) is 7.89. The highest BCUT2D eigenvalue weighted by Crippen LogP contribution is 2.57. The van der Waals surface area contributed by atoms with E-state index in [1.54, 1.807) is 4.68 Å². The van der Waals surface area contributed by atoms with Crippen LogP contribution in [0.4, 0.5) is 5.69 Å². The number of rotatable bonds is 3. The Hall–Kier alpha value is -4.25. The molecule has 2 atom stereocenters. The molecule has 2 saturated heterocycles. The van der Waals surface area contributed by atoms with E-state index >= 15 is 0 Å². The second-order valence-electron chi connectivity index (χ2n) is 11.8. The third-order valence-corrected chi connectivity index (χ3v) is 9.31. The fraction of sp³-hybridized carbons (Fsp3) is 0.452. The third-order valence-electron chi connectivity index (χ3n) is 9.31. The van der Waals surface area contributed by atoms with Gasteiger partial charge in [-0.2, -0.15) is 0 Å². The van der Waals surface area contributed by atoms with Gasteiger partial charge in [0.25, 0.3) is 0 Å². The average molecular weight is 570 g/mol. The monoisotopic (exact) mass is 569 g/mol. The first kappa shape index (κ1) is 26.6. The zero-order valence-corrected chi connectivity index (χ0v) is 23.5. The molecule has 2 fully saturated rings. The number of piperidine rings is 1. The summed E-state index contributed by atoms with van der Waals surface area (Å²) in [4.78, 5) is 46.3. The molecule has 0 unspecified atom stereocenters. The van der Waals surface area contributed by atoms with Crippen molar-refractivity contribution in [3.8, 4) is 5.75 Å². The number of para-hydroxylation sites is 1. The van der Waals surface area contributed by atoms with Crippen LogP contribution < -0.4 is 15.4 Å². The second kappa shape index (κ2) is 10.5. The van der Waals surface area contributed by atoms with E-state index in [1.807, 2.05) is 69.4 Å². The van der Waals surface area contributed by atoms with Crippen LogP contribution in [0.15, 0.2) is 54.7 Å². The van der Waals surface area contributed by atoms with Crippen LogP contribution in [-0.2, 0) is 32.9 Å². The Bertz CT molecular complexity index is 1530. The molecule has 2 N–H and O–H groups in total. The first-order valence-electron chi connectivity index (χ1n) is 14.8. The number of ether oxygens (including phenoxy) is 1. The zero-order valence-electron chi connectivity index (χ0n) is 23.5. The normalized spacial score (nSPS) is 24.4. The molecular weight excluding hydrogens is 534 g/mol. The number of carbonyl (C=O) groups is 3. The predicted octanol–water partition coefficient (Wildman–Crippen LogP) is 2.02. The highest BCUT2D eigenvalue weighted by molar-refractivity contribution is 6.09. The molecule has 0 saturated carbocycles. The number of hydrogen-bond donors (Lipinski definition) is 1. The largest absolute Gasteiger partial charge is 0.494 e. The van der Waals surface area contributed by atoms with Crippen LogP contribution in [0.2, 0.25) is 0 Å². The van der Waals surface area contributed by atoms with Crippen LogP contribution in [0.25, 0.3) is 0 Å². The van der Waals surface area contributed by atoms with E-state index in [2.05, 4.69) is 10.3 Å². The van der Waals surface area contributed by atoms with Crippen molar-refractivity contribution in [1.82, 2.24) is 24.8 Å². The van der Waals surface area contributed by atoms with Crippen molar-refractivity contribution in [3.05, 3.63) is 71.5 Å². The SMILES string of the molecule is NC(=O)CN1CCC(C(=O)N2CC[C@@]34C(=O)N(Cc5cn(nn5)CCCOc5cccc(c5)[C@H]23)c2ccccc24)CC1. The Labute approximate surface area is 244 Å². The molecule has 5 heterocycles. The third kappa shape index (κ3) is 4.43. The molecule has 42 heavy (non-hydrogen) atoms. The number of amides is 3. The van der Waals surface area contributed by atoms with Gasteiger partial charge in [0, 0.05) is 31.1 Å².